The highest BCUT2D eigenvalue weighted by Gasteiger charge is 2.27. The molecule has 0 unspecified atom stereocenters. The lowest BCUT2D eigenvalue weighted by atomic mass is 9.94. The first-order valence-electron chi connectivity index (χ1n) is 10.4. The molecule has 0 bridgehead atoms. The van der Waals surface area contributed by atoms with Crippen LogP contribution in [-0.4, -0.2) is 20.5 Å². The fourth-order valence-corrected chi connectivity index (χ4v) is 4.42. The standard InChI is InChI=1S/C26H21N3O2S/c1-16-11-13-17(14-12-16)20-15-21(28-26(32)27-20)23-24(30)19-9-5-6-10-22(19)29(25(23)31)18-7-3-2-4-8-18/h2-14,20,30H,15H2,1H3,(H,27,32)/t20-/m0/s1. The predicted molar refractivity (Wildman–Crippen MR) is 132 cm³/mol. The molecule has 4 aromatic rings. The average molecular weight is 440 g/mol. The topological polar surface area (TPSA) is 66.6 Å². The summed E-state index contributed by atoms with van der Waals surface area (Å²) in [7, 11) is 0. The van der Waals surface area contributed by atoms with Gasteiger partial charge in [0.25, 0.3) is 5.56 Å². The number of aromatic hydroxyl groups is 1. The van der Waals surface area contributed by atoms with Gasteiger partial charge in [0, 0.05) is 17.5 Å². The number of fused-ring (bicyclic) bond motifs is 1. The smallest absolute Gasteiger partial charge is 0.268 e. The monoisotopic (exact) mass is 439 g/mol. The third-order valence-corrected chi connectivity index (χ3v) is 5.98. The molecule has 158 valence electrons. The average Bonchev–Trinajstić information content (AvgIpc) is 2.80. The van der Waals surface area contributed by atoms with Gasteiger partial charge in [0.05, 0.1) is 17.3 Å². The quantitative estimate of drug-likeness (QED) is 0.450. The molecule has 1 aromatic heterocycles. The van der Waals surface area contributed by atoms with E-state index in [9.17, 15) is 9.90 Å². The van der Waals surface area contributed by atoms with Crippen LogP contribution in [0.3, 0.4) is 0 Å². The van der Waals surface area contributed by atoms with Gasteiger partial charge in [0.1, 0.15) is 11.3 Å². The normalized spacial score (nSPS) is 16.0. The molecule has 1 aliphatic rings. The summed E-state index contributed by atoms with van der Waals surface area (Å²) in [5, 5.41) is 15.3. The van der Waals surface area contributed by atoms with Crippen molar-refractivity contribution >= 4 is 33.9 Å². The molecule has 3 aromatic carbocycles. The molecule has 0 amide bonds. The summed E-state index contributed by atoms with van der Waals surface area (Å²) < 4.78 is 1.62. The maximum Gasteiger partial charge on any atom is 0.268 e. The molecule has 1 atom stereocenters. The maximum absolute atomic E-state index is 13.8. The van der Waals surface area contributed by atoms with Crippen molar-refractivity contribution in [3.05, 3.63) is 106 Å². The number of rotatable bonds is 3. The van der Waals surface area contributed by atoms with E-state index in [-0.39, 0.29) is 22.9 Å². The van der Waals surface area contributed by atoms with Gasteiger partial charge in [-0.05, 0) is 49.0 Å². The minimum absolute atomic E-state index is 0.0658. The lowest BCUT2D eigenvalue weighted by Gasteiger charge is -2.26. The Morgan fingerprint density at radius 1 is 1.00 bits per heavy atom. The van der Waals surface area contributed by atoms with Crippen LogP contribution in [-0.2, 0) is 0 Å². The lowest BCUT2D eigenvalue weighted by molar-refractivity contribution is 0.478. The van der Waals surface area contributed by atoms with Gasteiger partial charge in [0.15, 0.2) is 5.11 Å². The van der Waals surface area contributed by atoms with Gasteiger partial charge in [-0.1, -0.05) is 60.2 Å². The Labute approximate surface area is 190 Å². The van der Waals surface area contributed by atoms with Crippen LogP contribution in [0.1, 0.15) is 29.2 Å². The van der Waals surface area contributed by atoms with Crippen LogP contribution in [0.15, 0.2) is 88.6 Å². The summed E-state index contributed by atoms with van der Waals surface area (Å²) in [5.41, 5.74) is 3.93. The van der Waals surface area contributed by atoms with Crippen molar-refractivity contribution in [2.24, 2.45) is 4.99 Å². The molecule has 6 heteroatoms. The maximum atomic E-state index is 13.8. The lowest BCUT2D eigenvalue weighted by Crippen LogP contribution is -2.36. The van der Waals surface area contributed by atoms with Crippen molar-refractivity contribution in [2.45, 2.75) is 19.4 Å². The van der Waals surface area contributed by atoms with Crippen molar-refractivity contribution in [1.82, 2.24) is 9.88 Å². The van der Waals surface area contributed by atoms with E-state index in [0.717, 1.165) is 11.3 Å². The van der Waals surface area contributed by atoms with Gasteiger partial charge in [-0.15, -0.1) is 0 Å². The summed E-state index contributed by atoms with van der Waals surface area (Å²) in [6.45, 7) is 2.04. The molecule has 5 nitrogen and oxygen atoms in total. The van der Waals surface area contributed by atoms with Crippen molar-refractivity contribution < 1.29 is 5.11 Å². The number of hydrogen-bond donors (Lipinski definition) is 2. The van der Waals surface area contributed by atoms with Crippen molar-refractivity contribution in [3.8, 4) is 11.4 Å². The van der Waals surface area contributed by atoms with E-state index in [1.807, 2.05) is 85.8 Å². The number of para-hydroxylation sites is 2. The van der Waals surface area contributed by atoms with Crippen LogP contribution < -0.4 is 10.9 Å². The zero-order chi connectivity index (χ0) is 22.2. The van der Waals surface area contributed by atoms with Gasteiger partial charge in [-0.25, -0.2) is 4.99 Å². The Hall–Kier alpha value is -3.77. The molecular formula is C26H21N3O2S. The second-order valence-electron chi connectivity index (χ2n) is 7.89. The van der Waals surface area contributed by atoms with E-state index < -0.39 is 0 Å². The number of aryl methyl sites for hydroxylation is 1. The number of pyridine rings is 1. The second-order valence-corrected chi connectivity index (χ2v) is 8.28. The Balaban J connectivity index is 1.71. The zero-order valence-electron chi connectivity index (χ0n) is 17.4. The number of nitrogens with zero attached hydrogens (tertiary/aromatic N) is 2. The van der Waals surface area contributed by atoms with Gasteiger partial charge in [0.2, 0.25) is 0 Å². The van der Waals surface area contributed by atoms with Gasteiger partial charge in [-0.2, -0.15) is 0 Å². The van der Waals surface area contributed by atoms with E-state index in [1.165, 1.54) is 5.56 Å². The number of nitrogens with one attached hydrogen (secondary N) is 1. The Morgan fingerprint density at radius 3 is 2.44 bits per heavy atom. The summed E-state index contributed by atoms with van der Waals surface area (Å²) in [6, 6.07) is 24.8. The summed E-state index contributed by atoms with van der Waals surface area (Å²) in [5.74, 6) is -0.0658. The molecule has 0 fully saturated rings. The fourth-order valence-electron chi connectivity index (χ4n) is 4.17. The SMILES string of the molecule is Cc1ccc([C@@H]2CC(c3c(O)c4ccccc4n(-c4ccccc4)c3=O)=NC(=S)N2)cc1. The molecule has 0 spiro atoms. The molecule has 0 aliphatic carbocycles. The van der Waals surface area contributed by atoms with Crippen molar-refractivity contribution in [2.75, 3.05) is 0 Å². The molecule has 2 N–H and O–H groups in total. The van der Waals surface area contributed by atoms with Crippen LogP contribution in [0.5, 0.6) is 5.75 Å². The Kier molecular flexibility index (Phi) is 5.07. The number of thiocarbonyl (C=S) groups is 1. The third-order valence-electron chi connectivity index (χ3n) is 5.77. The van der Waals surface area contributed by atoms with E-state index in [2.05, 4.69) is 10.3 Å². The van der Waals surface area contributed by atoms with Gasteiger partial charge >= 0.3 is 0 Å². The highest BCUT2D eigenvalue weighted by atomic mass is 32.1. The Morgan fingerprint density at radius 2 is 1.69 bits per heavy atom. The van der Waals surface area contributed by atoms with E-state index in [1.54, 1.807) is 4.57 Å². The van der Waals surface area contributed by atoms with Crippen LogP contribution in [0.2, 0.25) is 0 Å². The van der Waals surface area contributed by atoms with E-state index in [0.29, 0.717) is 28.1 Å². The second kappa shape index (κ2) is 8.05. The minimum atomic E-state index is -0.321. The highest BCUT2D eigenvalue weighted by Crippen LogP contribution is 2.31. The summed E-state index contributed by atoms with van der Waals surface area (Å²) >= 11 is 5.41. The van der Waals surface area contributed by atoms with Gasteiger partial charge in [-0.3, -0.25) is 9.36 Å². The number of aliphatic imine (C=N–C) groups is 1. The zero-order valence-corrected chi connectivity index (χ0v) is 18.3. The van der Waals surface area contributed by atoms with Crippen LogP contribution in [0, 0.1) is 6.92 Å². The van der Waals surface area contributed by atoms with Crippen LogP contribution >= 0.6 is 12.2 Å². The molecular weight excluding hydrogens is 418 g/mol. The van der Waals surface area contributed by atoms with Crippen LogP contribution in [0.4, 0.5) is 0 Å². The molecule has 0 saturated heterocycles. The number of benzene rings is 3. The van der Waals surface area contributed by atoms with Crippen molar-refractivity contribution in [3.63, 3.8) is 0 Å². The third kappa shape index (κ3) is 3.48. The fraction of sp³-hybridized carbons (Fsp3) is 0.115. The minimum Gasteiger partial charge on any atom is -0.506 e. The van der Waals surface area contributed by atoms with E-state index in [4.69, 9.17) is 12.2 Å². The molecule has 0 saturated carbocycles. The first kappa shape index (κ1) is 20.2. The van der Waals surface area contributed by atoms with Gasteiger partial charge < -0.3 is 10.4 Å². The first-order valence-corrected chi connectivity index (χ1v) is 10.8. The van der Waals surface area contributed by atoms with Crippen molar-refractivity contribution in [1.29, 1.82) is 0 Å². The molecule has 1 aliphatic heterocycles. The molecule has 2 heterocycles. The molecule has 0 radical (unpaired) electrons. The largest absolute Gasteiger partial charge is 0.506 e. The highest BCUT2D eigenvalue weighted by molar-refractivity contribution is 7.80. The molecule has 5 rings (SSSR count). The summed E-state index contributed by atoms with van der Waals surface area (Å²) in [4.78, 5) is 18.2. The number of aromatic nitrogens is 1. The summed E-state index contributed by atoms with van der Waals surface area (Å²) in [6.07, 6.45) is 0.430. The van der Waals surface area contributed by atoms with Crippen LogP contribution in [0.25, 0.3) is 16.6 Å². The predicted octanol–water partition coefficient (Wildman–Crippen LogP) is 4.81. The Bertz CT molecular complexity index is 1420. The van der Waals surface area contributed by atoms with E-state index >= 15 is 0 Å². The number of hydrogen-bond acceptors (Lipinski definition) is 3. The first-order chi connectivity index (χ1) is 15.5. The molecule has 32 heavy (non-hydrogen) atoms.